The van der Waals surface area contributed by atoms with Crippen LogP contribution in [0.2, 0.25) is 4.34 Å². The lowest BCUT2D eigenvalue weighted by molar-refractivity contribution is -0.0355. The van der Waals surface area contributed by atoms with Gasteiger partial charge in [0.15, 0.2) is 0 Å². The summed E-state index contributed by atoms with van der Waals surface area (Å²) >= 11 is 7.74. The van der Waals surface area contributed by atoms with Gasteiger partial charge in [0.1, 0.15) is 5.60 Å². The lowest BCUT2D eigenvalue weighted by Crippen LogP contribution is -2.52. The lowest BCUT2D eigenvalue weighted by Gasteiger charge is -2.43. The van der Waals surface area contributed by atoms with Crippen LogP contribution in [0, 0.1) is 0 Å². The highest BCUT2D eigenvalue weighted by molar-refractivity contribution is 7.14. The maximum atomic E-state index is 12.3. The number of rotatable bonds is 4. The normalized spacial score (nSPS) is 22.1. The average Bonchev–Trinajstić information content (AvgIpc) is 3.05. The molecule has 1 unspecified atom stereocenters. The van der Waals surface area contributed by atoms with Crippen molar-refractivity contribution in [2.45, 2.75) is 70.0 Å². The maximum absolute atomic E-state index is 12.3. The van der Waals surface area contributed by atoms with E-state index in [-0.39, 0.29) is 12.0 Å². The van der Waals surface area contributed by atoms with E-state index in [1.807, 2.05) is 26.8 Å². The molecule has 1 aliphatic heterocycles. The Hall–Kier alpha value is -0.820. The minimum Gasteiger partial charge on any atom is -0.444 e. The van der Waals surface area contributed by atoms with Crippen molar-refractivity contribution in [3.63, 3.8) is 0 Å². The third-order valence-electron chi connectivity index (χ3n) is 5.82. The van der Waals surface area contributed by atoms with Crippen molar-refractivity contribution in [2.75, 3.05) is 32.7 Å². The van der Waals surface area contributed by atoms with Crippen molar-refractivity contribution >= 4 is 29.0 Å². The topological polar surface area (TPSA) is 53.0 Å². The van der Waals surface area contributed by atoms with Gasteiger partial charge >= 0.3 is 6.09 Å². The van der Waals surface area contributed by atoms with E-state index < -0.39 is 11.2 Å². The number of hydrogen-bond acceptors (Lipinski definition) is 5. The molecule has 1 aliphatic carbocycles. The number of hydrogen-bond donors (Lipinski definition) is 1. The zero-order valence-corrected chi connectivity index (χ0v) is 18.8. The highest BCUT2D eigenvalue weighted by Crippen LogP contribution is 2.42. The smallest absolute Gasteiger partial charge is 0.410 e. The van der Waals surface area contributed by atoms with Crippen LogP contribution in [0.15, 0.2) is 11.4 Å². The van der Waals surface area contributed by atoms with E-state index in [0.717, 1.165) is 55.2 Å². The molecule has 0 bridgehead atoms. The van der Waals surface area contributed by atoms with Crippen molar-refractivity contribution in [3.8, 4) is 0 Å². The first kappa shape index (κ1) is 21.9. The fraction of sp³-hybridized carbons (Fsp3) is 0.762. The standard InChI is InChI=1S/C21H33ClN2O3S/c1-20(2,3)27-19(25)24-11-9-23(10-12-24)14-17(16-13-18(22)28-15-16)21(26)7-5-4-6-8-21/h13,15,17,26H,4-12,14H2,1-3H3. The molecule has 2 heterocycles. The Bertz CT molecular complexity index is 659. The summed E-state index contributed by atoms with van der Waals surface area (Å²) in [4.78, 5) is 16.4. The van der Waals surface area contributed by atoms with Crippen molar-refractivity contribution < 1.29 is 14.6 Å². The molecule has 1 aromatic heterocycles. The summed E-state index contributed by atoms with van der Waals surface area (Å²) in [6.07, 6.45) is 4.83. The highest BCUT2D eigenvalue weighted by atomic mass is 35.5. The SMILES string of the molecule is CC(C)(C)OC(=O)N1CCN(CC(c2csc(Cl)c2)C2(O)CCCCC2)CC1. The fourth-order valence-corrected chi connectivity index (χ4v) is 5.25. The Morgan fingerprint density at radius 1 is 1.25 bits per heavy atom. The molecule has 1 N–H and O–H groups in total. The second-order valence-corrected chi connectivity index (χ2v) is 10.7. The van der Waals surface area contributed by atoms with Gasteiger partial charge < -0.3 is 14.7 Å². The first-order valence-corrected chi connectivity index (χ1v) is 11.6. The third kappa shape index (κ3) is 5.62. The summed E-state index contributed by atoms with van der Waals surface area (Å²) in [5.41, 5.74) is 0.0150. The molecule has 1 amide bonds. The number of nitrogens with zero attached hydrogens (tertiary/aromatic N) is 2. The zero-order chi connectivity index (χ0) is 20.4. The molecule has 1 saturated heterocycles. The van der Waals surface area contributed by atoms with Crippen LogP contribution in [0.25, 0.3) is 0 Å². The number of carbonyl (C=O) groups excluding carboxylic acids is 1. The van der Waals surface area contributed by atoms with Gasteiger partial charge in [-0.15, -0.1) is 11.3 Å². The zero-order valence-electron chi connectivity index (χ0n) is 17.2. The van der Waals surface area contributed by atoms with Gasteiger partial charge in [-0.3, -0.25) is 4.90 Å². The number of ether oxygens (including phenoxy) is 1. The van der Waals surface area contributed by atoms with Gasteiger partial charge in [0.2, 0.25) is 0 Å². The molecule has 2 fully saturated rings. The minimum atomic E-state index is -0.662. The van der Waals surface area contributed by atoms with Gasteiger partial charge in [-0.2, -0.15) is 0 Å². The highest BCUT2D eigenvalue weighted by Gasteiger charge is 2.40. The number of piperazine rings is 1. The van der Waals surface area contributed by atoms with Crippen LogP contribution in [0.3, 0.4) is 0 Å². The Balaban J connectivity index is 1.63. The van der Waals surface area contributed by atoms with Crippen LogP contribution in [0.4, 0.5) is 4.79 Å². The molecule has 1 saturated carbocycles. The van der Waals surface area contributed by atoms with E-state index in [2.05, 4.69) is 10.3 Å². The Kier molecular flexibility index (Phi) is 6.96. The van der Waals surface area contributed by atoms with Crippen molar-refractivity contribution in [2.24, 2.45) is 0 Å². The number of amides is 1. The summed E-state index contributed by atoms with van der Waals surface area (Å²) < 4.78 is 6.26. The van der Waals surface area contributed by atoms with Crippen molar-refractivity contribution in [1.29, 1.82) is 0 Å². The molecule has 0 radical (unpaired) electrons. The quantitative estimate of drug-likeness (QED) is 0.752. The number of thiophene rings is 1. The molecule has 7 heteroatoms. The fourth-order valence-electron chi connectivity index (χ4n) is 4.30. The van der Waals surface area contributed by atoms with Crippen LogP contribution in [-0.4, -0.2) is 64.9 Å². The molecule has 3 rings (SSSR count). The number of aliphatic hydroxyl groups is 1. The summed E-state index contributed by atoms with van der Waals surface area (Å²) in [7, 11) is 0. The summed E-state index contributed by atoms with van der Waals surface area (Å²) in [6, 6.07) is 2.01. The van der Waals surface area contributed by atoms with Crippen LogP contribution in [0.1, 0.15) is 64.4 Å². The monoisotopic (exact) mass is 428 g/mol. The Morgan fingerprint density at radius 2 is 1.89 bits per heavy atom. The minimum absolute atomic E-state index is 0.0598. The van der Waals surface area contributed by atoms with Gasteiger partial charge in [0.25, 0.3) is 0 Å². The predicted molar refractivity (Wildman–Crippen MR) is 114 cm³/mol. The van der Waals surface area contributed by atoms with E-state index >= 15 is 0 Å². The summed E-state index contributed by atoms with van der Waals surface area (Å²) in [5.74, 6) is 0.0598. The molecular weight excluding hydrogens is 396 g/mol. The summed E-state index contributed by atoms with van der Waals surface area (Å²) in [5, 5.41) is 13.5. The van der Waals surface area contributed by atoms with Crippen LogP contribution in [-0.2, 0) is 4.74 Å². The van der Waals surface area contributed by atoms with Gasteiger partial charge in [-0.05, 0) is 50.6 Å². The number of carbonyl (C=O) groups is 1. The molecule has 1 aromatic rings. The maximum Gasteiger partial charge on any atom is 0.410 e. The van der Waals surface area contributed by atoms with E-state index in [9.17, 15) is 9.90 Å². The van der Waals surface area contributed by atoms with Crippen molar-refractivity contribution in [1.82, 2.24) is 9.80 Å². The average molecular weight is 429 g/mol. The molecule has 0 aromatic carbocycles. The van der Waals surface area contributed by atoms with E-state index in [1.54, 1.807) is 4.90 Å². The van der Waals surface area contributed by atoms with E-state index in [4.69, 9.17) is 16.3 Å². The molecule has 2 aliphatic rings. The number of halogens is 1. The molecule has 28 heavy (non-hydrogen) atoms. The van der Waals surface area contributed by atoms with Crippen LogP contribution < -0.4 is 0 Å². The first-order valence-electron chi connectivity index (χ1n) is 10.3. The largest absolute Gasteiger partial charge is 0.444 e. The lowest BCUT2D eigenvalue weighted by atomic mass is 9.73. The van der Waals surface area contributed by atoms with E-state index in [1.165, 1.54) is 17.8 Å². The predicted octanol–water partition coefficient (Wildman–Crippen LogP) is 4.73. The van der Waals surface area contributed by atoms with E-state index in [0.29, 0.717) is 13.1 Å². The Labute approximate surface area is 177 Å². The molecular formula is C21H33ClN2O3S. The van der Waals surface area contributed by atoms with Gasteiger partial charge in [-0.1, -0.05) is 30.9 Å². The molecule has 1 atom stereocenters. The third-order valence-corrected chi connectivity index (χ3v) is 6.93. The second-order valence-electron chi connectivity index (χ2n) is 9.17. The van der Waals surface area contributed by atoms with Crippen LogP contribution >= 0.6 is 22.9 Å². The second kappa shape index (κ2) is 8.90. The van der Waals surface area contributed by atoms with Crippen molar-refractivity contribution in [3.05, 3.63) is 21.3 Å². The van der Waals surface area contributed by atoms with Crippen LogP contribution in [0.5, 0.6) is 0 Å². The molecule has 0 spiro atoms. The van der Waals surface area contributed by atoms with Gasteiger partial charge in [0, 0.05) is 38.6 Å². The first-order chi connectivity index (χ1) is 13.2. The molecule has 5 nitrogen and oxygen atoms in total. The Morgan fingerprint density at radius 3 is 2.43 bits per heavy atom. The van der Waals surface area contributed by atoms with Gasteiger partial charge in [0.05, 0.1) is 9.94 Å². The molecule has 158 valence electrons. The summed E-state index contributed by atoms with van der Waals surface area (Å²) in [6.45, 7) is 9.38. The van der Waals surface area contributed by atoms with Gasteiger partial charge in [-0.25, -0.2) is 4.79 Å².